The maximum atomic E-state index is 12.4. The number of ether oxygens (including phenoxy) is 2. The molecule has 1 aliphatic carbocycles. The van der Waals surface area contributed by atoms with Gasteiger partial charge >= 0.3 is 5.97 Å². The number of fused-ring (bicyclic) bond motifs is 1. The van der Waals surface area contributed by atoms with Gasteiger partial charge in [0.25, 0.3) is 0 Å². The SMILES string of the molecule is COc1cc(C=O)ccc1OC(=O)c1csc2c1CCCC2. The van der Waals surface area contributed by atoms with Gasteiger partial charge in [-0.15, -0.1) is 11.3 Å². The minimum absolute atomic E-state index is 0.328. The zero-order valence-electron chi connectivity index (χ0n) is 12.3. The second-order valence-corrected chi connectivity index (χ2v) is 6.14. The Hall–Kier alpha value is -2.14. The van der Waals surface area contributed by atoms with Gasteiger partial charge in [0.1, 0.15) is 6.29 Å². The molecule has 0 aliphatic heterocycles. The minimum Gasteiger partial charge on any atom is -0.493 e. The normalized spacial score (nSPS) is 13.3. The summed E-state index contributed by atoms with van der Waals surface area (Å²) in [7, 11) is 1.48. The molecule has 0 atom stereocenters. The second kappa shape index (κ2) is 6.32. The first-order valence-corrected chi connectivity index (χ1v) is 8.05. The van der Waals surface area contributed by atoms with E-state index in [0.29, 0.717) is 22.6 Å². The third-order valence-corrected chi connectivity index (χ3v) is 4.90. The van der Waals surface area contributed by atoms with Crippen molar-refractivity contribution in [1.82, 2.24) is 0 Å². The zero-order chi connectivity index (χ0) is 15.5. The zero-order valence-corrected chi connectivity index (χ0v) is 13.1. The molecule has 2 aromatic rings. The van der Waals surface area contributed by atoms with Crippen molar-refractivity contribution in [2.75, 3.05) is 7.11 Å². The number of carbonyl (C=O) groups is 2. The Labute approximate surface area is 132 Å². The molecule has 0 N–H and O–H groups in total. The summed E-state index contributed by atoms with van der Waals surface area (Å²) >= 11 is 1.63. The number of benzene rings is 1. The number of hydrogen-bond donors (Lipinski definition) is 0. The van der Waals surface area contributed by atoms with Crippen LogP contribution in [0.25, 0.3) is 0 Å². The van der Waals surface area contributed by atoms with Crippen LogP contribution in [0.5, 0.6) is 11.5 Å². The van der Waals surface area contributed by atoms with E-state index in [1.807, 2.05) is 5.38 Å². The molecule has 0 saturated carbocycles. The summed E-state index contributed by atoms with van der Waals surface area (Å²) in [6.07, 6.45) is 5.00. The van der Waals surface area contributed by atoms with Gasteiger partial charge in [-0.05, 0) is 49.4 Å². The van der Waals surface area contributed by atoms with Crippen LogP contribution in [0.4, 0.5) is 0 Å². The molecule has 0 unspecified atom stereocenters. The van der Waals surface area contributed by atoms with Gasteiger partial charge in [0.05, 0.1) is 12.7 Å². The maximum Gasteiger partial charge on any atom is 0.344 e. The van der Waals surface area contributed by atoms with Crippen LogP contribution in [0.15, 0.2) is 23.6 Å². The van der Waals surface area contributed by atoms with Crippen molar-refractivity contribution in [3.8, 4) is 11.5 Å². The monoisotopic (exact) mass is 316 g/mol. The Bertz CT molecular complexity index is 717. The van der Waals surface area contributed by atoms with E-state index in [1.165, 1.54) is 18.4 Å². The second-order valence-electron chi connectivity index (χ2n) is 5.18. The summed E-state index contributed by atoms with van der Waals surface area (Å²) in [5, 5.41) is 1.88. The molecule has 1 heterocycles. The molecule has 0 radical (unpaired) electrons. The maximum absolute atomic E-state index is 12.4. The largest absolute Gasteiger partial charge is 0.493 e. The Morgan fingerprint density at radius 1 is 1.23 bits per heavy atom. The average Bonchev–Trinajstić information content (AvgIpc) is 2.99. The lowest BCUT2D eigenvalue weighted by atomic mass is 9.96. The van der Waals surface area contributed by atoms with Gasteiger partial charge in [0.15, 0.2) is 11.5 Å². The molecule has 0 saturated heterocycles. The van der Waals surface area contributed by atoms with Gasteiger partial charge in [0.2, 0.25) is 0 Å². The van der Waals surface area contributed by atoms with Crippen molar-refractivity contribution in [2.24, 2.45) is 0 Å². The highest BCUT2D eigenvalue weighted by atomic mass is 32.1. The molecule has 5 heteroatoms. The first-order valence-electron chi connectivity index (χ1n) is 7.17. The smallest absolute Gasteiger partial charge is 0.344 e. The molecule has 3 rings (SSSR count). The molecule has 0 bridgehead atoms. The van der Waals surface area contributed by atoms with Crippen LogP contribution in [-0.4, -0.2) is 19.4 Å². The fourth-order valence-electron chi connectivity index (χ4n) is 2.66. The number of hydrogen-bond acceptors (Lipinski definition) is 5. The number of thiophene rings is 1. The lowest BCUT2D eigenvalue weighted by Gasteiger charge is -2.13. The van der Waals surface area contributed by atoms with E-state index in [-0.39, 0.29) is 5.97 Å². The predicted molar refractivity (Wildman–Crippen MR) is 84.3 cm³/mol. The Morgan fingerprint density at radius 2 is 2.05 bits per heavy atom. The first kappa shape index (κ1) is 14.8. The van der Waals surface area contributed by atoms with E-state index in [0.717, 1.165) is 31.1 Å². The molecule has 4 nitrogen and oxygen atoms in total. The van der Waals surface area contributed by atoms with E-state index >= 15 is 0 Å². The van der Waals surface area contributed by atoms with Crippen LogP contribution in [0.2, 0.25) is 0 Å². The first-order chi connectivity index (χ1) is 10.7. The number of methoxy groups -OCH3 is 1. The molecular weight excluding hydrogens is 300 g/mol. The molecule has 0 spiro atoms. The van der Waals surface area contributed by atoms with Crippen LogP contribution >= 0.6 is 11.3 Å². The lowest BCUT2D eigenvalue weighted by molar-refractivity contribution is 0.0729. The highest BCUT2D eigenvalue weighted by molar-refractivity contribution is 7.10. The molecule has 1 aromatic carbocycles. The number of esters is 1. The van der Waals surface area contributed by atoms with E-state index < -0.39 is 0 Å². The minimum atomic E-state index is -0.364. The molecular formula is C17H16O4S. The van der Waals surface area contributed by atoms with Crippen LogP contribution in [0.3, 0.4) is 0 Å². The van der Waals surface area contributed by atoms with Gasteiger partial charge in [-0.2, -0.15) is 0 Å². The van der Waals surface area contributed by atoms with Gasteiger partial charge in [-0.1, -0.05) is 0 Å². The van der Waals surface area contributed by atoms with E-state index in [2.05, 4.69) is 0 Å². The van der Waals surface area contributed by atoms with Crippen molar-refractivity contribution in [3.05, 3.63) is 45.1 Å². The van der Waals surface area contributed by atoms with E-state index in [4.69, 9.17) is 9.47 Å². The Morgan fingerprint density at radius 3 is 2.82 bits per heavy atom. The lowest BCUT2D eigenvalue weighted by Crippen LogP contribution is -2.12. The summed E-state index contributed by atoms with van der Waals surface area (Å²) < 4.78 is 10.7. The third kappa shape index (κ3) is 2.76. The highest BCUT2D eigenvalue weighted by Gasteiger charge is 2.22. The van der Waals surface area contributed by atoms with Crippen molar-refractivity contribution in [2.45, 2.75) is 25.7 Å². The van der Waals surface area contributed by atoms with E-state index in [9.17, 15) is 9.59 Å². The summed E-state index contributed by atoms with van der Waals surface area (Å²) in [6, 6.07) is 4.74. The average molecular weight is 316 g/mol. The van der Waals surface area contributed by atoms with Crippen molar-refractivity contribution < 1.29 is 19.1 Å². The van der Waals surface area contributed by atoms with E-state index in [1.54, 1.807) is 29.5 Å². The molecule has 0 fully saturated rings. The number of aldehydes is 1. The Balaban J connectivity index is 1.85. The molecule has 0 amide bonds. The van der Waals surface area contributed by atoms with Crippen molar-refractivity contribution >= 4 is 23.6 Å². The quantitative estimate of drug-likeness (QED) is 0.491. The molecule has 114 valence electrons. The summed E-state index contributed by atoms with van der Waals surface area (Å²) in [4.78, 5) is 24.5. The van der Waals surface area contributed by atoms with Crippen molar-refractivity contribution in [3.63, 3.8) is 0 Å². The van der Waals surface area contributed by atoms with Crippen LogP contribution in [-0.2, 0) is 12.8 Å². The molecule has 1 aliphatic rings. The van der Waals surface area contributed by atoms with Gasteiger partial charge < -0.3 is 9.47 Å². The molecule has 1 aromatic heterocycles. The van der Waals surface area contributed by atoms with Crippen LogP contribution in [0, 0.1) is 0 Å². The van der Waals surface area contributed by atoms with Gasteiger partial charge in [-0.25, -0.2) is 4.79 Å². The van der Waals surface area contributed by atoms with Gasteiger partial charge in [0, 0.05) is 15.8 Å². The van der Waals surface area contributed by atoms with Crippen molar-refractivity contribution in [1.29, 1.82) is 0 Å². The number of carbonyl (C=O) groups excluding carboxylic acids is 2. The van der Waals surface area contributed by atoms with Crippen LogP contribution in [0.1, 0.15) is 44.0 Å². The van der Waals surface area contributed by atoms with Crippen LogP contribution < -0.4 is 9.47 Å². The number of aryl methyl sites for hydroxylation is 1. The standard InChI is InChI=1S/C17H16O4S/c1-20-15-8-11(9-18)6-7-14(15)21-17(19)13-10-22-16-5-3-2-4-12(13)16/h6-10H,2-5H2,1H3. The Kier molecular flexibility index (Phi) is 4.24. The van der Waals surface area contributed by atoms with Gasteiger partial charge in [-0.3, -0.25) is 4.79 Å². The topological polar surface area (TPSA) is 52.6 Å². The fraction of sp³-hybridized carbons (Fsp3) is 0.294. The highest BCUT2D eigenvalue weighted by Crippen LogP contribution is 2.33. The predicted octanol–water partition coefficient (Wildman–Crippen LogP) is 3.67. The third-order valence-electron chi connectivity index (χ3n) is 3.81. The molecule has 22 heavy (non-hydrogen) atoms. The number of rotatable bonds is 4. The summed E-state index contributed by atoms with van der Waals surface area (Å²) in [6.45, 7) is 0. The summed E-state index contributed by atoms with van der Waals surface area (Å²) in [5.41, 5.74) is 2.26. The summed E-state index contributed by atoms with van der Waals surface area (Å²) in [5.74, 6) is 0.340. The fourth-order valence-corrected chi connectivity index (χ4v) is 3.78.